The maximum absolute atomic E-state index is 12.2. The Morgan fingerprint density at radius 3 is 2.65 bits per heavy atom. The maximum atomic E-state index is 12.2. The zero-order chi connectivity index (χ0) is 15.0. The Balaban J connectivity index is 2.50. The van der Waals surface area contributed by atoms with Gasteiger partial charge >= 0.3 is 5.51 Å². The van der Waals surface area contributed by atoms with Crippen molar-refractivity contribution >= 4 is 11.8 Å². The van der Waals surface area contributed by atoms with Crippen LogP contribution in [0.25, 0.3) is 0 Å². The molecule has 0 heterocycles. The molecule has 0 aliphatic rings. The van der Waals surface area contributed by atoms with E-state index in [-0.39, 0.29) is 23.4 Å². The van der Waals surface area contributed by atoms with E-state index in [0.29, 0.717) is 6.42 Å². The predicted molar refractivity (Wildman–Crippen MR) is 80.0 cm³/mol. The summed E-state index contributed by atoms with van der Waals surface area (Å²) in [5.74, 6) is 0.373. The van der Waals surface area contributed by atoms with Crippen molar-refractivity contribution in [3.05, 3.63) is 35.4 Å². The summed E-state index contributed by atoms with van der Waals surface area (Å²) in [6, 6.07) is 8.18. The zero-order valence-corrected chi connectivity index (χ0v) is 12.8. The van der Waals surface area contributed by atoms with Gasteiger partial charge < -0.3 is 5.32 Å². The lowest BCUT2D eigenvalue weighted by Gasteiger charge is -2.18. The van der Waals surface area contributed by atoms with E-state index in [2.05, 4.69) is 11.4 Å². The fourth-order valence-electron chi connectivity index (χ4n) is 2.14. The minimum absolute atomic E-state index is 0.0813. The molecule has 1 atom stereocenters. The monoisotopic (exact) mass is 305 g/mol. The molecule has 5 heteroatoms. The van der Waals surface area contributed by atoms with Gasteiger partial charge in [0.1, 0.15) is 0 Å². The summed E-state index contributed by atoms with van der Waals surface area (Å²) in [5, 5.41) is 3.24. The van der Waals surface area contributed by atoms with E-state index in [1.807, 2.05) is 32.0 Å². The average Bonchev–Trinajstić information content (AvgIpc) is 2.34. The lowest BCUT2D eigenvalue weighted by molar-refractivity contribution is -0.0328. The third-order valence-electron chi connectivity index (χ3n) is 3.08. The van der Waals surface area contributed by atoms with Gasteiger partial charge in [0.15, 0.2) is 0 Å². The molecule has 0 aliphatic heterocycles. The molecule has 0 saturated heterocycles. The summed E-state index contributed by atoms with van der Waals surface area (Å²) >= 11 is 0.0813. The van der Waals surface area contributed by atoms with Crippen molar-refractivity contribution in [3.63, 3.8) is 0 Å². The first-order valence-electron chi connectivity index (χ1n) is 6.87. The SMILES string of the molecule is CCNCC(CCSC(F)(F)F)Cc1cccc(C)c1. The first-order chi connectivity index (χ1) is 9.40. The second kappa shape index (κ2) is 8.57. The third kappa shape index (κ3) is 7.80. The van der Waals surface area contributed by atoms with Crippen molar-refractivity contribution in [3.8, 4) is 0 Å². The number of alkyl halides is 3. The predicted octanol–water partition coefficient (Wildman–Crippen LogP) is 4.41. The Labute approximate surface area is 123 Å². The van der Waals surface area contributed by atoms with Crippen LogP contribution in [0, 0.1) is 12.8 Å². The minimum atomic E-state index is -4.12. The van der Waals surface area contributed by atoms with Crippen LogP contribution in [0.1, 0.15) is 24.5 Å². The summed E-state index contributed by atoms with van der Waals surface area (Å²) in [6.07, 6.45) is 1.40. The van der Waals surface area contributed by atoms with Crippen molar-refractivity contribution in [1.82, 2.24) is 5.32 Å². The first-order valence-corrected chi connectivity index (χ1v) is 7.86. The topological polar surface area (TPSA) is 12.0 Å². The lowest BCUT2D eigenvalue weighted by Crippen LogP contribution is -2.25. The van der Waals surface area contributed by atoms with Gasteiger partial charge in [-0.3, -0.25) is 0 Å². The molecule has 0 radical (unpaired) electrons. The minimum Gasteiger partial charge on any atom is -0.317 e. The molecular formula is C15H22F3NS. The Hall–Kier alpha value is -0.680. The molecule has 0 bridgehead atoms. The third-order valence-corrected chi connectivity index (χ3v) is 3.85. The number of nitrogens with one attached hydrogen (secondary N) is 1. The Kier molecular flexibility index (Phi) is 7.45. The summed E-state index contributed by atoms with van der Waals surface area (Å²) in [5.41, 5.74) is -1.73. The van der Waals surface area contributed by atoms with Gasteiger partial charge in [0.25, 0.3) is 0 Å². The molecule has 0 amide bonds. The summed E-state index contributed by atoms with van der Waals surface area (Å²) < 4.78 is 36.6. The highest BCUT2D eigenvalue weighted by Gasteiger charge is 2.28. The second-order valence-corrected chi connectivity index (χ2v) is 6.11. The lowest BCUT2D eigenvalue weighted by atomic mass is 9.96. The molecular weight excluding hydrogens is 283 g/mol. The van der Waals surface area contributed by atoms with Crippen LogP contribution in [-0.2, 0) is 6.42 Å². The molecule has 1 aromatic rings. The fraction of sp³-hybridized carbons (Fsp3) is 0.600. The van der Waals surface area contributed by atoms with Crippen LogP contribution in [0.2, 0.25) is 0 Å². The molecule has 0 aliphatic carbocycles. The molecule has 0 aromatic heterocycles. The standard InChI is InChI=1S/C15H22F3NS/c1-3-19-11-14(7-8-20-15(16,17)18)10-13-6-4-5-12(2)9-13/h4-6,9,14,19H,3,7-8,10-11H2,1-2H3. The molecule has 1 nitrogen and oxygen atoms in total. The zero-order valence-electron chi connectivity index (χ0n) is 12.0. The normalized spacial score (nSPS) is 13.4. The highest BCUT2D eigenvalue weighted by Crippen LogP contribution is 2.31. The largest absolute Gasteiger partial charge is 0.441 e. The van der Waals surface area contributed by atoms with Crippen LogP contribution in [0.4, 0.5) is 13.2 Å². The van der Waals surface area contributed by atoms with Crippen LogP contribution >= 0.6 is 11.8 Å². The van der Waals surface area contributed by atoms with Crippen molar-refractivity contribution in [2.24, 2.45) is 5.92 Å². The van der Waals surface area contributed by atoms with E-state index in [1.165, 1.54) is 11.1 Å². The van der Waals surface area contributed by atoms with Crippen LogP contribution in [0.5, 0.6) is 0 Å². The van der Waals surface area contributed by atoms with Crippen LogP contribution in [0.15, 0.2) is 24.3 Å². The van der Waals surface area contributed by atoms with Crippen LogP contribution in [-0.4, -0.2) is 24.4 Å². The van der Waals surface area contributed by atoms with Crippen molar-refractivity contribution in [2.75, 3.05) is 18.8 Å². The van der Waals surface area contributed by atoms with Gasteiger partial charge in [0.05, 0.1) is 0 Å². The highest BCUT2D eigenvalue weighted by atomic mass is 32.2. The quantitative estimate of drug-likeness (QED) is 0.763. The molecule has 1 rings (SSSR count). The van der Waals surface area contributed by atoms with Gasteiger partial charge in [0.2, 0.25) is 0 Å². The Bertz CT molecular complexity index is 393. The summed E-state index contributed by atoms with van der Waals surface area (Å²) in [6.45, 7) is 5.65. The fourth-order valence-corrected chi connectivity index (χ4v) is 2.82. The molecule has 0 fully saturated rings. The molecule has 114 valence electrons. The van der Waals surface area contributed by atoms with Crippen molar-refractivity contribution in [2.45, 2.75) is 32.2 Å². The van der Waals surface area contributed by atoms with Crippen LogP contribution in [0.3, 0.4) is 0 Å². The Morgan fingerprint density at radius 1 is 1.30 bits per heavy atom. The van der Waals surface area contributed by atoms with Gasteiger partial charge in [0, 0.05) is 5.75 Å². The number of rotatable bonds is 8. The van der Waals surface area contributed by atoms with E-state index in [0.717, 1.165) is 19.5 Å². The van der Waals surface area contributed by atoms with Crippen LogP contribution < -0.4 is 5.32 Å². The van der Waals surface area contributed by atoms with Gasteiger partial charge in [-0.05, 0) is 44.3 Å². The van der Waals surface area contributed by atoms with E-state index in [1.54, 1.807) is 0 Å². The second-order valence-electron chi connectivity index (χ2n) is 4.95. The molecule has 1 N–H and O–H groups in total. The highest BCUT2D eigenvalue weighted by molar-refractivity contribution is 8.00. The van der Waals surface area contributed by atoms with E-state index in [4.69, 9.17) is 0 Å². The maximum Gasteiger partial charge on any atom is 0.441 e. The number of aryl methyl sites for hydroxylation is 1. The Morgan fingerprint density at radius 2 is 2.05 bits per heavy atom. The molecule has 1 unspecified atom stereocenters. The van der Waals surface area contributed by atoms with Gasteiger partial charge in [-0.2, -0.15) is 13.2 Å². The molecule has 1 aromatic carbocycles. The number of halogens is 3. The van der Waals surface area contributed by atoms with Gasteiger partial charge in [-0.1, -0.05) is 48.5 Å². The number of hydrogen-bond donors (Lipinski definition) is 1. The number of thioether (sulfide) groups is 1. The van der Waals surface area contributed by atoms with E-state index >= 15 is 0 Å². The van der Waals surface area contributed by atoms with Crippen molar-refractivity contribution in [1.29, 1.82) is 0 Å². The smallest absolute Gasteiger partial charge is 0.317 e. The van der Waals surface area contributed by atoms with Gasteiger partial charge in [-0.15, -0.1) is 0 Å². The summed E-state index contributed by atoms with van der Waals surface area (Å²) in [4.78, 5) is 0. The number of benzene rings is 1. The van der Waals surface area contributed by atoms with E-state index in [9.17, 15) is 13.2 Å². The molecule has 0 saturated carbocycles. The van der Waals surface area contributed by atoms with Gasteiger partial charge in [-0.25, -0.2) is 0 Å². The summed E-state index contributed by atoms with van der Waals surface area (Å²) in [7, 11) is 0. The first kappa shape index (κ1) is 17.4. The van der Waals surface area contributed by atoms with Crippen molar-refractivity contribution < 1.29 is 13.2 Å². The number of hydrogen-bond acceptors (Lipinski definition) is 2. The molecule has 0 spiro atoms. The average molecular weight is 305 g/mol. The molecule has 20 heavy (non-hydrogen) atoms. The van der Waals surface area contributed by atoms with E-state index < -0.39 is 5.51 Å².